The van der Waals surface area contributed by atoms with Crippen LogP contribution in [0.15, 0.2) is 23.3 Å². The molecule has 5 heteroatoms. The van der Waals surface area contributed by atoms with Gasteiger partial charge in [0.1, 0.15) is 5.56 Å². The van der Waals surface area contributed by atoms with Crippen LogP contribution in [0.1, 0.15) is 43.0 Å². The standard InChI is InChI=1S/C14H22N2O3/c1-2-3-4-5-8-16(9-10-17)14(19)12-11-15-7-6-13(12)18/h6-7,11,17H,2-5,8-10H2,1H3,(H,15,18). The number of unbranched alkanes of at least 4 members (excludes halogenated alkanes) is 3. The van der Waals surface area contributed by atoms with Crippen LogP contribution in [0.2, 0.25) is 0 Å². The number of hydrogen-bond acceptors (Lipinski definition) is 3. The van der Waals surface area contributed by atoms with Crippen LogP contribution < -0.4 is 5.43 Å². The predicted octanol–water partition coefficient (Wildman–Crippen LogP) is 1.39. The van der Waals surface area contributed by atoms with Crippen molar-refractivity contribution in [3.05, 3.63) is 34.2 Å². The van der Waals surface area contributed by atoms with E-state index >= 15 is 0 Å². The minimum atomic E-state index is -0.313. The molecule has 1 heterocycles. The molecule has 0 saturated heterocycles. The van der Waals surface area contributed by atoms with E-state index in [-0.39, 0.29) is 30.1 Å². The third-order valence-corrected chi connectivity index (χ3v) is 2.99. The summed E-state index contributed by atoms with van der Waals surface area (Å²) < 4.78 is 0. The highest BCUT2D eigenvalue weighted by atomic mass is 16.3. The van der Waals surface area contributed by atoms with E-state index in [2.05, 4.69) is 11.9 Å². The van der Waals surface area contributed by atoms with Gasteiger partial charge in [-0.3, -0.25) is 9.59 Å². The zero-order chi connectivity index (χ0) is 14.1. The van der Waals surface area contributed by atoms with Crippen molar-refractivity contribution in [2.45, 2.75) is 32.6 Å². The maximum Gasteiger partial charge on any atom is 0.259 e. The number of pyridine rings is 1. The van der Waals surface area contributed by atoms with Gasteiger partial charge in [-0.15, -0.1) is 0 Å². The molecule has 0 bridgehead atoms. The molecule has 0 aliphatic rings. The molecular weight excluding hydrogens is 244 g/mol. The summed E-state index contributed by atoms with van der Waals surface area (Å²) in [5.74, 6) is -0.313. The first kappa shape index (κ1) is 15.4. The molecule has 1 rings (SSSR count). The van der Waals surface area contributed by atoms with Gasteiger partial charge in [-0.1, -0.05) is 26.2 Å². The number of aromatic amines is 1. The monoisotopic (exact) mass is 266 g/mol. The highest BCUT2D eigenvalue weighted by Crippen LogP contribution is 2.04. The molecule has 0 atom stereocenters. The van der Waals surface area contributed by atoms with E-state index in [1.807, 2.05) is 0 Å². The number of nitrogens with zero attached hydrogens (tertiary/aromatic N) is 1. The Morgan fingerprint density at radius 1 is 1.32 bits per heavy atom. The number of amides is 1. The topological polar surface area (TPSA) is 73.4 Å². The zero-order valence-electron chi connectivity index (χ0n) is 11.4. The third-order valence-electron chi connectivity index (χ3n) is 2.99. The summed E-state index contributed by atoms with van der Waals surface area (Å²) in [6.45, 7) is 2.87. The first-order valence-corrected chi connectivity index (χ1v) is 6.78. The summed E-state index contributed by atoms with van der Waals surface area (Å²) in [4.78, 5) is 28.1. The van der Waals surface area contributed by atoms with Gasteiger partial charge in [0.2, 0.25) is 0 Å². The van der Waals surface area contributed by atoms with Crippen LogP contribution in [0.25, 0.3) is 0 Å². The van der Waals surface area contributed by atoms with Crippen molar-refractivity contribution in [1.82, 2.24) is 9.88 Å². The number of aliphatic hydroxyl groups excluding tert-OH is 1. The van der Waals surface area contributed by atoms with Crippen molar-refractivity contribution in [3.63, 3.8) is 0 Å². The number of aliphatic hydroxyl groups is 1. The van der Waals surface area contributed by atoms with E-state index in [1.54, 1.807) is 4.90 Å². The fourth-order valence-electron chi connectivity index (χ4n) is 1.92. The second kappa shape index (κ2) is 8.48. The van der Waals surface area contributed by atoms with Crippen molar-refractivity contribution in [3.8, 4) is 0 Å². The maximum atomic E-state index is 12.2. The Hall–Kier alpha value is -1.62. The van der Waals surface area contributed by atoms with Crippen molar-refractivity contribution in [2.75, 3.05) is 19.7 Å². The van der Waals surface area contributed by atoms with Gasteiger partial charge in [0.05, 0.1) is 6.61 Å². The highest BCUT2D eigenvalue weighted by Gasteiger charge is 2.17. The Morgan fingerprint density at radius 3 is 2.74 bits per heavy atom. The summed E-state index contributed by atoms with van der Waals surface area (Å²) >= 11 is 0. The Kier molecular flexibility index (Phi) is 6.89. The Morgan fingerprint density at radius 2 is 2.11 bits per heavy atom. The minimum Gasteiger partial charge on any atom is -0.395 e. The number of nitrogens with one attached hydrogen (secondary N) is 1. The van der Waals surface area contributed by atoms with E-state index < -0.39 is 0 Å². The summed E-state index contributed by atoms with van der Waals surface area (Å²) in [5, 5.41) is 9.02. The molecule has 2 N–H and O–H groups in total. The first-order chi connectivity index (χ1) is 9.20. The molecule has 0 fully saturated rings. The molecule has 1 aromatic rings. The molecule has 0 aliphatic heterocycles. The maximum absolute atomic E-state index is 12.2. The van der Waals surface area contributed by atoms with Crippen LogP contribution in [0, 0.1) is 0 Å². The molecule has 106 valence electrons. The number of hydrogen-bond donors (Lipinski definition) is 2. The summed E-state index contributed by atoms with van der Waals surface area (Å²) in [5.41, 5.74) is -0.160. The van der Waals surface area contributed by atoms with E-state index in [0.29, 0.717) is 6.54 Å². The molecule has 0 unspecified atom stereocenters. The summed E-state index contributed by atoms with van der Waals surface area (Å²) in [6, 6.07) is 1.33. The molecule has 19 heavy (non-hydrogen) atoms. The van der Waals surface area contributed by atoms with Gasteiger partial charge in [0, 0.05) is 31.5 Å². The largest absolute Gasteiger partial charge is 0.395 e. The lowest BCUT2D eigenvalue weighted by atomic mass is 10.2. The third kappa shape index (κ3) is 4.87. The van der Waals surface area contributed by atoms with Gasteiger partial charge in [0.15, 0.2) is 5.43 Å². The number of H-pyrrole nitrogens is 1. The fourth-order valence-corrected chi connectivity index (χ4v) is 1.92. The average molecular weight is 266 g/mol. The second-order valence-corrected chi connectivity index (χ2v) is 4.50. The fraction of sp³-hybridized carbons (Fsp3) is 0.571. The highest BCUT2D eigenvalue weighted by molar-refractivity contribution is 5.93. The summed E-state index contributed by atoms with van der Waals surface area (Å²) in [7, 11) is 0. The Balaban J connectivity index is 2.67. The number of carbonyl (C=O) groups is 1. The Bertz CT molecular complexity index is 442. The normalized spacial score (nSPS) is 10.4. The molecule has 0 aliphatic carbocycles. The van der Waals surface area contributed by atoms with Crippen LogP contribution in [-0.4, -0.2) is 40.6 Å². The van der Waals surface area contributed by atoms with Crippen LogP contribution in [0.3, 0.4) is 0 Å². The van der Waals surface area contributed by atoms with Gasteiger partial charge in [0.25, 0.3) is 5.91 Å². The van der Waals surface area contributed by atoms with Crippen molar-refractivity contribution in [1.29, 1.82) is 0 Å². The lowest BCUT2D eigenvalue weighted by molar-refractivity contribution is 0.0716. The zero-order valence-corrected chi connectivity index (χ0v) is 11.4. The predicted molar refractivity (Wildman–Crippen MR) is 74.2 cm³/mol. The number of rotatable bonds is 8. The number of carbonyl (C=O) groups excluding carboxylic acids is 1. The molecule has 1 aromatic heterocycles. The molecule has 1 amide bonds. The van der Waals surface area contributed by atoms with Crippen LogP contribution in [0.5, 0.6) is 0 Å². The minimum absolute atomic E-state index is 0.0930. The van der Waals surface area contributed by atoms with Crippen molar-refractivity contribution >= 4 is 5.91 Å². The molecule has 0 radical (unpaired) electrons. The quantitative estimate of drug-likeness (QED) is 0.698. The van der Waals surface area contributed by atoms with Gasteiger partial charge >= 0.3 is 0 Å². The molecule has 0 aromatic carbocycles. The van der Waals surface area contributed by atoms with Crippen molar-refractivity contribution < 1.29 is 9.90 Å². The van der Waals surface area contributed by atoms with Gasteiger partial charge < -0.3 is 15.0 Å². The van der Waals surface area contributed by atoms with E-state index in [4.69, 9.17) is 5.11 Å². The SMILES string of the molecule is CCCCCCN(CCO)C(=O)c1c[nH]ccc1=O. The van der Waals surface area contributed by atoms with E-state index in [0.717, 1.165) is 25.7 Å². The van der Waals surface area contributed by atoms with E-state index in [9.17, 15) is 9.59 Å². The smallest absolute Gasteiger partial charge is 0.259 e. The second-order valence-electron chi connectivity index (χ2n) is 4.50. The first-order valence-electron chi connectivity index (χ1n) is 6.78. The van der Waals surface area contributed by atoms with Crippen molar-refractivity contribution in [2.24, 2.45) is 0 Å². The molecular formula is C14H22N2O3. The summed E-state index contributed by atoms with van der Waals surface area (Å²) in [6.07, 6.45) is 7.12. The van der Waals surface area contributed by atoms with Crippen LogP contribution in [-0.2, 0) is 0 Å². The van der Waals surface area contributed by atoms with Gasteiger partial charge in [-0.05, 0) is 6.42 Å². The molecule has 5 nitrogen and oxygen atoms in total. The molecule has 0 spiro atoms. The number of aromatic nitrogens is 1. The average Bonchev–Trinajstić information content (AvgIpc) is 2.42. The van der Waals surface area contributed by atoms with Crippen LogP contribution >= 0.6 is 0 Å². The lowest BCUT2D eigenvalue weighted by Crippen LogP contribution is -2.37. The molecule has 0 saturated carbocycles. The van der Waals surface area contributed by atoms with E-state index in [1.165, 1.54) is 18.5 Å². The van der Waals surface area contributed by atoms with Gasteiger partial charge in [-0.25, -0.2) is 0 Å². The van der Waals surface area contributed by atoms with Gasteiger partial charge in [-0.2, -0.15) is 0 Å². The van der Waals surface area contributed by atoms with Crippen LogP contribution in [0.4, 0.5) is 0 Å². The Labute approximate surface area is 113 Å². The lowest BCUT2D eigenvalue weighted by Gasteiger charge is -2.21.